The van der Waals surface area contributed by atoms with Crippen LogP contribution >= 0.6 is 0 Å². The molecule has 11 heteroatoms. The van der Waals surface area contributed by atoms with E-state index >= 15 is 4.39 Å². The van der Waals surface area contributed by atoms with Crippen molar-refractivity contribution in [2.45, 2.75) is 19.9 Å². The third kappa shape index (κ3) is 4.68. The molecule has 0 spiro atoms. The number of hydrogen-bond acceptors (Lipinski definition) is 5. The lowest BCUT2D eigenvalue weighted by Crippen LogP contribution is -2.25. The minimum Gasteiger partial charge on any atom is -0.452 e. The Kier molecular flexibility index (Phi) is 6.77. The van der Waals surface area contributed by atoms with E-state index in [9.17, 15) is 14.0 Å². The van der Waals surface area contributed by atoms with E-state index in [0.717, 1.165) is 11.6 Å². The molecule has 0 bridgehead atoms. The number of rotatable bonds is 6. The van der Waals surface area contributed by atoms with Gasteiger partial charge in [-0.15, -0.1) is 0 Å². The van der Waals surface area contributed by atoms with Gasteiger partial charge in [-0.25, -0.2) is 18.0 Å². The Balaban J connectivity index is 1.26. The summed E-state index contributed by atoms with van der Waals surface area (Å²) < 4.78 is 39.1. The number of amides is 1. The first kappa shape index (κ1) is 26.9. The molecule has 2 atom stereocenters. The van der Waals surface area contributed by atoms with E-state index in [2.05, 4.69) is 28.4 Å². The van der Waals surface area contributed by atoms with Crippen molar-refractivity contribution in [3.05, 3.63) is 118 Å². The van der Waals surface area contributed by atoms with Gasteiger partial charge in [-0.1, -0.05) is 13.0 Å². The average Bonchev–Trinajstić information content (AvgIpc) is 3.49. The van der Waals surface area contributed by atoms with E-state index in [1.165, 1.54) is 45.8 Å². The molecule has 2 unspecified atom stereocenters. The molecule has 1 amide bonds. The first-order valence-electron chi connectivity index (χ1n) is 13.2. The van der Waals surface area contributed by atoms with Crippen LogP contribution in [0.25, 0.3) is 11.2 Å². The van der Waals surface area contributed by atoms with Crippen molar-refractivity contribution in [3.8, 4) is 17.2 Å². The highest BCUT2D eigenvalue weighted by Gasteiger charge is 2.25. The van der Waals surface area contributed by atoms with Gasteiger partial charge in [0.2, 0.25) is 0 Å². The van der Waals surface area contributed by atoms with Gasteiger partial charge in [0.05, 0.1) is 23.6 Å². The van der Waals surface area contributed by atoms with Crippen molar-refractivity contribution in [1.82, 2.24) is 19.0 Å². The number of nitrogens with zero attached hydrogens (tertiary/aromatic N) is 5. The summed E-state index contributed by atoms with van der Waals surface area (Å²) in [7, 11) is 1.62. The summed E-state index contributed by atoms with van der Waals surface area (Å²) in [4.78, 5) is 30.9. The fourth-order valence-electron chi connectivity index (χ4n) is 5.15. The number of hydrogen-bond donors (Lipinski definition) is 1. The lowest BCUT2D eigenvalue weighted by Gasteiger charge is -2.20. The Bertz CT molecular complexity index is 1950. The maximum absolute atomic E-state index is 15.3. The number of aromatic nitrogens is 4. The van der Waals surface area contributed by atoms with E-state index in [1.54, 1.807) is 37.0 Å². The van der Waals surface area contributed by atoms with Crippen molar-refractivity contribution in [3.63, 3.8) is 0 Å². The van der Waals surface area contributed by atoms with Crippen LogP contribution in [-0.4, -0.2) is 31.1 Å². The molecule has 1 aliphatic rings. The predicted octanol–water partition coefficient (Wildman–Crippen LogP) is 5.77. The molecule has 42 heavy (non-hydrogen) atoms. The van der Waals surface area contributed by atoms with Crippen LogP contribution in [0.15, 0.2) is 88.9 Å². The molecule has 212 valence electrons. The van der Waals surface area contributed by atoms with Crippen LogP contribution in [-0.2, 0) is 7.05 Å². The fourth-order valence-corrected chi connectivity index (χ4v) is 5.15. The third-order valence-electron chi connectivity index (χ3n) is 7.37. The quantitative estimate of drug-likeness (QED) is 0.281. The number of fused-ring (bicyclic) bond motifs is 1. The number of halogens is 2. The molecule has 1 N–H and O–H groups in total. The Labute approximate surface area is 239 Å². The van der Waals surface area contributed by atoms with Crippen LogP contribution in [0.3, 0.4) is 0 Å². The van der Waals surface area contributed by atoms with E-state index in [0.29, 0.717) is 22.6 Å². The van der Waals surface area contributed by atoms with Gasteiger partial charge in [0.15, 0.2) is 17.3 Å². The molecule has 4 heterocycles. The van der Waals surface area contributed by atoms with Gasteiger partial charge in [-0.3, -0.25) is 19.3 Å². The van der Waals surface area contributed by atoms with Gasteiger partial charge in [-0.05, 0) is 55.5 Å². The number of aliphatic imine (C=N–C) groups is 1. The van der Waals surface area contributed by atoms with Crippen LogP contribution in [0.5, 0.6) is 11.5 Å². The first-order chi connectivity index (χ1) is 20.2. The summed E-state index contributed by atoms with van der Waals surface area (Å²) in [5.74, 6) is -1.36. The van der Waals surface area contributed by atoms with E-state index in [4.69, 9.17) is 4.74 Å². The highest BCUT2D eigenvalue weighted by molar-refractivity contribution is 6.05. The van der Waals surface area contributed by atoms with Crippen molar-refractivity contribution in [2.75, 3.05) is 5.32 Å². The number of ether oxygens (including phenoxy) is 1. The lowest BCUT2D eigenvalue weighted by molar-refractivity contribution is 0.102. The van der Waals surface area contributed by atoms with Gasteiger partial charge >= 0.3 is 0 Å². The Hall–Kier alpha value is -5.32. The molecule has 0 fully saturated rings. The molecule has 2 aromatic carbocycles. The van der Waals surface area contributed by atoms with Crippen molar-refractivity contribution < 1.29 is 18.3 Å². The van der Waals surface area contributed by atoms with Crippen molar-refractivity contribution in [2.24, 2.45) is 18.0 Å². The number of nitrogens with one attached hydrogen (secondary N) is 1. The number of anilines is 1. The van der Waals surface area contributed by atoms with E-state index < -0.39 is 23.1 Å². The number of carbonyl (C=O) groups excluding carboxylic acids is 1. The smallest absolute Gasteiger partial charge is 0.284 e. The molecular weight excluding hydrogens is 542 g/mol. The third-order valence-corrected chi connectivity index (χ3v) is 7.37. The maximum atomic E-state index is 15.3. The summed E-state index contributed by atoms with van der Waals surface area (Å²) in [5, 5.41) is 6.94. The molecule has 9 nitrogen and oxygen atoms in total. The highest BCUT2D eigenvalue weighted by Crippen LogP contribution is 2.37. The SMILES string of the molecule is Cc1c(C(=O)Nc2ccc(Oc3ccnn4ccc(C5N=CC=CC5C)c34)c(F)c2)c(=O)n(-c2ccc(F)cc2)n1C. The summed E-state index contributed by atoms with van der Waals surface area (Å²) in [6.45, 7) is 3.69. The zero-order valence-electron chi connectivity index (χ0n) is 23.0. The summed E-state index contributed by atoms with van der Waals surface area (Å²) in [6.07, 6.45) is 9.10. The van der Waals surface area contributed by atoms with Gasteiger partial charge in [0, 0.05) is 48.8 Å². The number of carbonyl (C=O) groups is 1. The molecule has 6 rings (SSSR count). The number of allylic oxidation sites excluding steroid dienone is 1. The zero-order valence-corrected chi connectivity index (χ0v) is 23.0. The molecule has 0 saturated heterocycles. The van der Waals surface area contributed by atoms with Crippen LogP contribution in [0.1, 0.15) is 34.6 Å². The van der Waals surface area contributed by atoms with Gasteiger partial charge in [0.25, 0.3) is 11.5 Å². The number of dihydropyridines is 1. The van der Waals surface area contributed by atoms with Gasteiger partial charge < -0.3 is 10.1 Å². The van der Waals surface area contributed by atoms with Crippen LogP contribution in [0, 0.1) is 24.5 Å². The monoisotopic (exact) mass is 568 g/mol. The second-order valence-corrected chi connectivity index (χ2v) is 10.0. The topological polar surface area (TPSA) is 94.9 Å². The van der Waals surface area contributed by atoms with Crippen molar-refractivity contribution in [1.29, 1.82) is 0 Å². The Morgan fingerprint density at radius 2 is 1.83 bits per heavy atom. The van der Waals surface area contributed by atoms with Crippen LogP contribution < -0.4 is 15.6 Å². The second kappa shape index (κ2) is 10.6. The highest BCUT2D eigenvalue weighted by atomic mass is 19.1. The van der Waals surface area contributed by atoms with E-state index in [1.807, 2.05) is 18.3 Å². The fraction of sp³-hybridized carbons (Fsp3) is 0.161. The summed E-state index contributed by atoms with van der Waals surface area (Å²) in [5.41, 5.74) is 1.81. The van der Waals surface area contributed by atoms with Crippen LogP contribution in [0.4, 0.5) is 14.5 Å². The molecule has 1 aliphatic heterocycles. The summed E-state index contributed by atoms with van der Waals surface area (Å²) in [6, 6.07) is 12.8. The van der Waals surface area contributed by atoms with Gasteiger partial charge in [0.1, 0.15) is 16.9 Å². The molecular formula is C31H26F2N6O3. The Morgan fingerprint density at radius 3 is 2.57 bits per heavy atom. The molecule has 3 aromatic heterocycles. The predicted molar refractivity (Wildman–Crippen MR) is 155 cm³/mol. The minimum absolute atomic E-state index is 0.0529. The zero-order chi connectivity index (χ0) is 29.5. The molecule has 0 saturated carbocycles. The maximum Gasteiger partial charge on any atom is 0.284 e. The minimum atomic E-state index is -0.712. The lowest BCUT2D eigenvalue weighted by atomic mass is 9.94. The van der Waals surface area contributed by atoms with E-state index in [-0.39, 0.29) is 29.0 Å². The molecule has 0 aliphatic carbocycles. The normalized spacial score (nSPS) is 16.2. The van der Waals surface area contributed by atoms with Crippen LogP contribution in [0.2, 0.25) is 0 Å². The molecule has 0 radical (unpaired) electrons. The standard InChI is InChI=1S/C31H26F2N6O3/c1-18-5-4-14-34-28(18)23-13-16-38-29(23)26(12-15-35-38)42-25-11-8-21(17-24(25)33)36-30(40)27-19(2)37(3)39(31(27)41)22-9-6-20(32)7-10-22/h4-18,28H,1-3H3,(H,36,40). The largest absolute Gasteiger partial charge is 0.452 e. The second-order valence-electron chi connectivity index (χ2n) is 10.0. The van der Waals surface area contributed by atoms with Gasteiger partial charge in [-0.2, -0.15) is 5.10 Å². The summed E-state index contributed by atoms with van der Waals surface area (Å²) >= 11 is 0. The molecule has 5 aromatic rings. The van der Waals surface area contributed by atoms with Crippen molar-refractivity contribution >= 4 is 23.3 Å². The number of benzene rings is 2. The first-order valence-corrected chi connectivity index (χ1v) is 13.2. The Morgan fingerprint density at radius 1 is 1.05 bits per heavy atom. The average molecular weight is 569 g/mol.